The van der Waals surface area contributed by atoms with E-state index in [0.717, 1.165) is 38.5 Å². The standard InChI is InChI=1S/C17H28BrN3OS.HI/c1-19-16(20-11-7-14-5-6-15(18)23-14)21-13-17(10-12-22-2)8-3-4-9-17;/h5-6H,3-4,7-13H2,1-2H3,(H2,19,20,21);1H. The molecule has 1 heterocycles. The average Bonchev–Trinajstić information content (AvgIpc) is 3.18. The second-order valence-electron chi connectivity index (χ2n) is 6.26. The highest BCUT2D eigenvalue weighted by Gasteiger charge is 2.33. The summed E-state index contributed by atoms with van der Waals surface area (Å²) in [5.74, 6) is 0.907. The van der Waals surface area contributed by atoms with E-state index in [4.69, 9.17) is 4.74 Å². The van der Waals surface area contributed by atoms with E-state index < -0.39 is 0 Å². The molecule has 1 saturated carbocycles. The van der Waals surface area contributed by atoms with E-state index in [1.54, 1.807) is 18.4 Å². The monoisotopic (exact) mass is 529 g/mol. The third-order valence-electron chi connectivity index (χ3n) is 4.65. The summed E-state index contributed by atoms with van der Waals surface area (Å²) in [6.45, 7) is 2.74. The van der Waals surface area contributed by atoms with Crippen molar-refractivity contribution in [2.24, 2.45) is 10.4 Å². The van der Waals surface area contributed by atoms with Crippen molar-refractivity contribution in [1.82, 2.24) is 10.6 Å². The Morgan fingerprint density at radius 3 is 2.67 bits per heavy atom. The second kappa shape index (κ2) is 11.7. The molecule has 0 spiro atoms. The lowest BCUT2D eigenvalue weighted by Crippen LogP contribution is -2.43. The zero-order valence-corrected chi connectivity index (χ0v) is 19.3. The first-order valence-corrected chi connectivity index (χ1v) is 9.96. The van der Waals surface area contributed by atoms with Gasteiger partial charge in [0, 0.05) is 38.7 Å². The fourth-order valence-corrected chi connectivity index (χ4v) is 4.72. The normalized spacial score (nSPS) is 16.7. The van der Waals surface area contributed by atoms with Crippen LogP contribution in [0.4, 0.5) is 0 Å². The zero-order chi connectivity index (χ0) is 16.5. The summed E-state index contributed by atoms with van der Waals surface area (Å²) < 4.78 is 6.49. The van der Waals surface area contributed by atoms with Crippen LogP contribution in [0, 0.1) is 5.41 Å². The minimum absolute atomic E-state index is 0. The Morgan fingerprint density at radius 2 is 2.08 bits per heavy atom. The van der Waals surface area contributed by atoms with E-state index in [9.17, 15) is 0 Å². The Morgan fingerprint density at radius 1 is 1.33 bits per heavy atom. The highest BCUT2D eigenvalue weighted by atomic mass is 127. The number of hydrogen-bond acceptors (Lipinski definition) is 3. The lowest BCUT2D eigenvalue weighted by Gasteiger charge is -2.29. The van der Waals surface area contributed by atoms with Crippen LogP contribution in [0.5, 0.6) is 0 Å². The predicted molar refractivity (Wildman–Crippen MR) is 118 cm³/mol. The summed E-state index contributed by atoms with van der Waals surface area (Å²) in [5, 5.41) is 6.95. The van der Waals surface area contributed by atoms with Gasteiger partial charge in [-0.05, 0) is 59.2 Å². The summed E-state index contributed by atoms with van der Waals surface area (Å²) in [7, 11) is 3.63. The number of aliphatic imine (C=N–C) groups is 1. The van der Waals surface area contributed by atoms with Crippen LogP contribution >= 0.6 is 51.2 Å². The van der Waals surface area contributed by atoms with Gasteiger partial charge in [0.05, 0.1) is 3.79 Å². The predicted octanol–water partition coefficient (Wildman–Crippen LogP) is 4.43. The Hall–Kier alpha value is 0.140. The van der Waals surface area contributed by atoms with Crippen LogP contribution in [0.25, 0.3) is 0 Å². The SMILES string of the molecule is CN=C(NCCc1ccc(Br)s1)NCC1(CCOC)CCCC1.I. The first-order chi connectivity index (χ1) is 11.2. The van der Waals surface area contributed by atoms with Gasteiger partial charge in [-0.2, -0.15) is 0 Å². The molecule has 2 rings (SSSR count). The minimum Gasteiger partial charge on any atom is -0.385 e. The van der Waals surface area contributed by atoms with E-state index in [1.165, 1.54) is 34.3 Å². The molecule has 0 aliphatic heterocycles. The fraction of sp³-hybridized carbons (Fsp3) is 0.706. The lowest BCUT2D eigenvalue weighted by molar-refractivity contribution is 0.138. The van der Waals surface area contributed by atoms with Gasteiger partial charge in [-0.25, -0.2) is 0 Å². The number of nitrogens with one attached hydrogen (secondary N) is 2. The summed E-state index contributed by atoms with van der Waals surface area (Å²) in [6, 6.07) is 4.28. The highest BCUT2D eigenvalue weighted by Crippen LogP contribution is 2.40. The number of guanidine groups is 1. The molecule has 1 aromatic heterocycles. The van der Waals surface area contributed by atoms with Crippen molar-refractivity contribution in [1.29, 1.82) is 0 Å². The van der Waals surface area contributed by atoms with E-state index >= 15 is 0 Å². The van der Waals surface area contributed by atoms with Gasteiger partial charge in [-0.15, -0.1) is 35.3 Å². The maximum Gasteiger partial charge on any atom is 0.191 e. The number of rotatable bonds is 8. The van der Waals surface area contributed by atoms with Gasteiger partial charge in [-0.3, -0.25) is 4.99 Å². The van der Waals surface area contributed by atoms with Crippen LogP contribution in [-0.2, 0) is 11.2 Å². The molecule has 1 aromatic rings. The molecule has 24 heavy (non-hydrogen) atoms. The molecule has 0 aromatic carbocycles. The zero-order valence-electron chi connectivity index (χ0n) is 14.6. The molecule has 1 fully saturated rings. The Bertz CT molecular complexity index is 504. The molecule has 4 nitrogen and oxygen atoms in total. The Kier molecular flexibility index (Phi) is 10.8. The highest BCUT2D eigenvalue weighted by molar-refractivity contribution is 14.0. The van der Waals surface area contributed by atoms with Crippen molar-refractivity contribution in [3.63, 3.8) is 0 Å². The van der Waals surface area contributed by atoms with Crippen LogP contribution in [0.1, 0.15) is 37.0 Å². The van der Waals surface area contributed by atoms with Crippen LogP contribution in [0.2, 0.25) is 0 Å². The summed E-state index contributed by atoms with van der Waals surface area (Å²) >= 11 is 5.30. The molecule has 0 unspecified atom stereocenters. The minimum atomic E-state index is 0. The molecular formula is C17H29BrIN3OS. The molecule has 138 valence electrons. The third-order valence-corrected chi connectivity index (χ3v) is 6.33. The van der Waals surface area contributed by atoms with Crippen LogP contribution in [0.15, 0.2) is 20.9 Å². The molecule has 2 N–H and O–H groups in total. The van der Waals surface area contributed by atoms with Crippen molar-refractivity contribution < 1.29 is 4.74 Å². The summed E-state index contributed by atoms with van der Waals surface area (Å²) in [5.41, 5.74) is 0.381. The maximum absolute atomic E-state index is 5.30. The van der Waals surface area contributed by atoms with Crippen molar-refractivity contribution in [2.45, 2.75) is 38.5 Å². The lowest BCUT2D eigenvalue weighted by atomic mass is 9.83. The van der Waals surface area contributed by atoms with E-state index in [1.807, 2.05) is 7.05 Å². The van der Waals surface area contributed by atoms with Gasteiger partial charge in [-0.1, -0.05) is 12.8 Å². The fourth-order valence-electron chi connectivity index (χ4n) is 3.24. The first-order valence-electron chi connectivity index (χ1n) is 8.35. The van der Waals surface area contributed by atoms with E-state index in [-0.39, 0.29) is 24.0 Å². The van der Waals surface area contributed by atoms with Crippen molar-refractivity contribution in [2.75, 3.05) is 33.9 Å². The largest absolute Gasteiger partial charge is 0.385 e. The molecule has 7 heteroatoms. The van der Waals surface area contributed by atoms with Gasteiger partial charge in [0.2, 0.25) is 0 Å². The third kappa shape index (κ3) is 7.17. The number of hydrogen-bond donors (Lipinski definition) is 2. The molecule has 0 radical (unpaired) electrons. The molecule has 0 atom stereocenters. The number of ether oxygens (including phenoxy) is 1. The summed E-state index contributed by atoms with van der Waals surface area (Å²) in [4.78, 5) is 5.74. The Labute approximate surface area is 175 Å². The van der Waals surface area contributed by atoms with Crippen molar-refractivity contribution in [3.05, 3.63) is 20.8 Å². The molecule has 0 saturated heterocycles. The van der Waals surface area contributed by atoms with E-state index in [2.05, 4.69) is 43.7 Å². The number of methoxy groups -OCH3 is 1. The summed E-state index contributed by atoms with van der Waals surface area (Å²) in [6.07, 6.45) is 7.42. The number of nitrogens with zero attached hydrogens (tertiary/aromatic N) is 1. The van der Waals surface area contributed by atoms with Crippen LogP contribution < -0.4 is 10.6 Å². The Balaban J connectivity index is 0.00000288. The molecule has 0 amide bonds. The number of halogens is 2. The first kappa shape index (κ1) is 22.2. The van der Waals surface area contributed by atoms with Gasteiger partial charge in [0.15, 0.2) is 5.96 Å². The van der Waals surface area contributed by atoms with Gasteiger partial charge in [0.25, 0.3) is 0 Å². The maximum atomic E-state index is 5.30. The second-order valence-corrected chi connectivity index (χ2v) is 8.81. The molecule has 0 bridgehead atoms. The number of thiophene rings is 1. The van der Waals surface area contributed by atoms with Crippen molar-refractivity contribution in [3.8, 4) is 0 Å². The quantitative estimate of drug-likeness (QED) is 0.297. The topological polar surface area (TPSA) is 45.7 Å². The van der Waals surface area contributed by atoms with Gasteiger partial charge < -0.3 is 15.4 Å². The van der Waals surface area contributed by atoms with E-state index in [0.29, 0.717) is 5.41 Å². The molecule has 1 aliphatic carbocycles. The van der Waals surface area contributed by atoms with Crippen molar-refractivity contribution >= 4 is 57.2 Å². The smallest absolute Gasteiger partial charge is 0.191 e. The molecular weight excluding hydrogens is 501 g/mol. The average molecular weight is 530 g/mol. The van der Waals surface area contributed by atoms with Crippen LogP contribution in [-0.4, -0.2) is 39.8 Å². The van der Waals surface area contributed by atoms with Crippen LogP contribution in [0.3, 0.4) is 0 Å². The van der Waals surface area contributed by atoms with Gasteiger partial charge >= 0.3 is 0 Å². The molecule has 1 aliphatic rings. The van der Waals surface area contributed by atoms with Gasteiger partial charge in [0.1, 0.15) is 0 Å².